The SMILES string of the molecule is NC(=O)COC(=O)CNC(=O)C12CC3CC(CC(C3)C1)C2. The number of primary amides is 1. The maximum absolute atomic E-state index is 12.5. The Morgan fingerprint density at radius 3 is 2.05 bits per heavy atom. The van der Waals surface area contributed by atoms with E-state index < -0.39 is 18.5 Å². The molecule has 0 aromatic carbocycles. The molecule has 0 spiro atoms. The molecule has 6 nitrogen and oxygen atoms in total. The molecule has 0 radical (unpaired) electrons. The molecule has 4 saturated carbocycles. The predicted molar refractivity (Wildman–Crippen MR) is 73.8 cm³/mol. The fraction of sp³-hybridized carbons (Fsp3) is 0.800. The van der Waals surface area contributed by atoms with Gasteiger partial charge >= 0.3 is 5.97 Å². The summed E-state index contributed by atoms with van der Waals surface area (Å²) < 4.78 is 4.64. The molecule has 0 atom stereocenters. The first-order chi connectivity index (χ1) is 9.97. The van der Waals surface area contributed by atoms with Gasteiger partial charge in [-0.05, 0) is 56.3 Å². The Bertz CT molecular complexity index is 439. The lowest BCUT2D eigenvalue weighted by molar-refractivity contribution is -0.152. The Labute approximate surface area is 123 Å². The number of carbonyl (C=O) groups excluding carboxylic acids is 3. The van der Waals surface area contributed by atoms with Crippen LogP contribution in [0.25, 0.3) is 0 Å². The zero-order valence-corrected chi connectivity index (χ0v) is 12.1. The minimum Gasteiger partial charge on any atom is -0.454 e. The summed E-state index contributed by atoms with van der Waals surface area (Å²) in [5.74, 6) is 0.719. The van der Waals surface area contributed by atoms with E-state index in [1.54, 1.807) is 0 Å². The number of carbonyl (C=O) groups is 3. The molecule has 0 aromatic rings. The number of hydrogen-bond acceptors (Lipinski definition) is 4. The van der Waals surface area contributed by atoms with E-state index in [9.17, 15) is 14.4 Å². The van der Waals surface area contributed by atoms with Crippen LogP contribution in [-0.2, 0) is 19.1 Å². The van der Waals surface area contributed by atoms with Crippen molar-refractivity contribution < 1.29 is 19.1 Å². The lowest BCUT2D eigenvalue weighted by atomic mass is 9.49. The van der Waals surface area contributed by atoms with Crippen LogP contribution < -0.4 is 11.1 Å². The van der Waals surface area contributed by atoms with Crippen molar-refractivity contribution in [1.82, 2.24) is 5.32 Å². The lowest BCUT2D eigenvalue weighted by Crippen LogP contribution is -2.54. The number of hydrogen-bond donors (Lipinski definition) is 2. The molecular weight excluding hydrogens is 272 g/mol. The predicted octanol–water partition coefficient (Wildman–Crippen LogP) is 0.347. The smallest absolute Gasteiger partial charge is 0.325 e. The van der Waals surface area contributed by atoms with E-state index in [0.29, 0.717) is 17.8 Å². The highest BCUT2D eigenvalue weighted by atomic mass is 16.5. The van der Waals surface area contributed by atoms with Gasteiger partial charge in [0.1, 0.15) is 6.54 Å². The Balaban J connectivity index is 1.53. The highest BCUT2D eigenvalue weighted by molar-refractivity contribution is 5.87. The molecule has 2 amide bonds. The number of ether oxygens (including phenoxy) is 1. The summed E-state index contributed by atoms with van der Waals surface area (Å²) in [5, 5.41) is 2.70. The van der Waals surface area contributed by atoms with Gasteiger partial charge in [0.25, 0.3) is 5.91 Å². The zero-order chi connectivity index (χ0) is 15.0. The van der Waals surface area contributed by atoms with Crippen LogP contribution in [0.4, 0.5) is 0 Å². The summed E-state index contributed by atoms with van der Waals surface area (Å²) in [5.41, 5.74) is 4.63. The first-order valence-corrected chi connectivity index (χ1v) is 7.69. The van der Waals surface area contributed by atoms with Crippen molar-refractivity contribution in [2.75, 3.05) is 13.2 Å². The largest absolute Gasteiger partial charge is 0.454 e. The van der Waals surface area contributed by atoms with Crippen molar-refractivity contribution in [3.8, 4) is 0 Å². The molecule has 0 heterocycles. The lowest BCUT2D eigenvalue weighted by Gasteiger charge is -2.55. The van der Waals surface area contributed by atoms with Gasteiger partial charge in [0.05, 0.1) is 0 Å². The minimum atomic E-state index is -0.698. The second kappa shape index (κ2) is 5.31. The van der Waals surface area contributed by atoms with Crippen LogP contribution in [0.3, 0.4) is 0 Å². The molecule has 4 rings (SSSR count). The average molecular weight is 294 g/mol. The Kier molecular flexibility index (Phi) is 3.63. The van der Waals surface area contributed by atoms with E-state index in [2.05, 4.69) is 10.1 Å². The van der Waals surface area contributed by atoms with Gasteiger partial charge in [-0.1, -0.05) is 0 Å². The van der Waals surface area contributed by atoms with Crippen molar-refractivity contribution in [1.29, 1.82) is 0 Å². The maximum Gasteiger partial charge on any atom is 0.325 e. The summed E-state index contributed by atoms with van der Waals surface area (Å²) in [6.45, 7) is -0.625. The van der Waals surface area contributed by atoms with Crippen LogP contribution >= 0.6 is 0 Å². The topological polar surface area (TPSA) is 98.5 Å². The molecule has 4 aliphatic rings. The summed E-state index contributed by atoms with van der Waals surface area (Å²) in [6.07, 6.45) is 6.69. The van der Waals surface area contributed by atoms with Gasteiger partial charge in [0.15, 0.2) is 6.61 Å². The Morgan fingerprint density at radius 1 is 1.05 bits per heavy atom. The van der Waals surface area contributed by atoms with Gasteiger partial charge < -0.3 is 15.8 Å². The first kappa shape index (κ1) is 14.4. The first-order valence-electron chi connectivity index (χ1n) is 7.69. The fourth-order valence-corrected chi connectivity index (χ4v) is 4.93. The highest BCUT2D eigenvalue weighted by Crippen LogP contribution is 2.60. The van der Waals surface area contributed by atoms with E-state index in [4.69, 9.17) is 5.73 Å². The van der Waals surface area contributed by atoms with Gasteiger partial charge in [-0.2, -0.15) is 0 Å². The molecule has 0 unspecified atom stereocenters. The van der Waals surface area contributed by atoms with Crippen LogP contribution in [0.5, 0.6) is 0 Å². The normalized spacial score (nSPS) is 36.3. The van der Waals surface area contributed by atoms with Crippen LogP contribution in [0.1, 0.15) is 38.5 Å². The van der Waals surface area contributed by atoms with Crippen molar-refractivity contribution in [3.05, 3.63) is 0 Å². The molecule has 3 N–H and O–H groups in total. The van der Waals surface area contributed by atoms with Crippen LogP contribution in [0, 0.1) is 23.2 Å². The zero-order valence-electron chi connectivity index (χ0n) is 12.1. The van der Waals surface area contributed by atoms with E-state index in [1.807, 2.05) is 0 Å². The van der Waals surface area contributed by atoms with Gasteiger partial charge in [0, 0.05) is 5.41 Å². The Morgan fingerprint density at radius 2 is 1.57 bits per heavy atom. The molecule has 4 bridgehead atoms. The number of nitrogens with two attached hydrogens (primary N) is 1. The third kappa shape index (κ3) is 2.89. The van der Waals surface area contributed by atoms with Crippen LogP contribution in [0.2, 0.25) is 0 Å². The average Bonchev–Trinajstić information content (AvgIpc) is 2.41. The third-order valence-electron chi connectivity index (χ3n) is 5.29. The second-order valence-corrected chi connectivity index (χ2v) is 7.01. The van der Waals surface area contributed by atoms with Crippen molar-refractivity contribution in [2.45, 2.75) is 38.5 Å². The monoisotopic (exact) mass is 294 g/mol. The molecule has 4 fully saturated rings. The fourth-order valence-electron chi connectivity index (χ4n) is 4.93. The molecule has 4 aliphatic carbocycles. The summed E-state index contributed by atoms with van der Waals surface area (Å²) >= 11 is 0. The molecule has 6 heteroatoms. The number of rotatable bonds is 5. The van der Waals surface area contributed by atoms with E-state index in [-0.39, 0.29) is 17.9 Å². The minimum absolute atomic E-state index is 0.0161. The van der Waals surface area contributed by atoms with Crippen LogP contribution in [-0.4, -0.2) is 30.9 Å². The maximum atomic E-state index is 12.5. The molecule has 0 aromatic heterocycles. The Hall–Kier alpha value is -1.59. The summed E-state index contributed by atoms with van der Waals surface area (Å²) in [4.78, 5) is 34.5. The van der Waals surface area contributed by atoms with Gasteiger partial charge in [-0.3, -0.25) is 14.4 Å². The third-order valence-corrected chi connectivity index (χ3v) is 5.29. The molecular formula is C15H22N2O4. The number of esters is 1. The van der Waals surface area contributed by atoms with Crippen molar-refractivity contribution in [2.24, 2.45) is 28.9 Å². The second-order valence-electron chi connectivity index (χ2n) is 7.01. The molecule has 116 valence electrons. The van der Waals surface area contributed by atoms with Gasteiger partial charge in [-0.15, -0.1) is 0 Å². The van der Waals surface area contributed by atoms with E-state index in [1.165, 1.54) is 19.3 Å². The van der Waals surface area contributed by atoms with Crippen LogP contribution in [0.15, 0.2) is 0 Å². The quantitative estimate of drug-likeness (QED) is 0.715. The molecule has 0 saturated heterocycles. The van der Waals surface area contributed by atoms with Crippen molar-refractivity contribution in [3.63, 3.8) is 0 Å². The summed E-state index contributed by atoms with van der Waals surface area (Å²) in [7, 11) is 0. The van der Waals surface area contributed by atoms with Crippen molar-refractivity contribution >= 4 is 17.8 Å². The standard InChI is InChI=1S/C15H22N2O4/c16-12(18)8-21-13(19)7-17-14(20)15-4-9-1-10(5-15)3-11(2-9)6-15/h9-11H,1-8H2,(H2,16,18)(H,17,20). The summed E-state index contributed by atoms with van der Waals surface area (Å²) in [6, 6.07) is 0. The number of amides is 2. The van der Waals surface area contributed by atoms with E-state index >= 15 is 0 Å². The highest BCUT2D eigenvalue weighted by Gasteiger charge is 2.54. The van der Waals surface area contributed by atoms with Gasteiger partial charge in [-0.25, -0.2) is 0 Å². The molecule has 21 heavy (non-hydrogen) atoms. The van der Waals surface area contributed by atoms with E-state index in [0.717, 1.165) is 19.3 Å². The van der Waals surface area contributed by atoms with Gasteiger partial charge in [0.2, 0.25) is 5.91 Å². The molecule has 0 aliphatic heterocycles. The number of nitrogens with one attached hydrogen (secondary N) is 1.